The molecule has 8 rings (SSSR count). The lowest BCUT2D eigenvalue weighted by Crippen LogP contribution is -2.54. The van der Waals surface area contributed by atoms with Gasteiger partial charge in [-0.3, -0.25) is 43.9 Å². The Morgan fingerprint density at radius 1 is 0.734 bits per heavy atom. The summed E-state index contributed by atoms with van der Waals surface area (Å²) in [6, 6.07) is 27.6. The Morgan fingerprint density at radius 3 is 2.08 bits per heavy atom. The van der Waals surface area contributed by atoms with Crippen molar-refractivity contribution in [2.75, 3.05) is 82.8 Å². The highest BCUT2D eigenvalue weighted by Crippen LogP contribution is 2.34. The Kier molecular flexibility index (Phi) is 20.3. The summed E-state index contributed by atoms with van der Waals surface area (Å²) in [7, 11) is 1.72. The Balaban J connectivity index is 0.657. The molecule has 4 N–H and O–H groups in total. The third kappa shape index (κ3) is 15.6. The van der Waals surface area contributed by atoms with Crippen LogP contribution in [0.5, 0.6) is 11.5 Å². The molecular weight excluding hydrogens is 1020 g/mol. The zero-order valence-corrected chi connectivity index (χ0v) is 43.8. The van der Waals surface area contributed by atoms with Gasteiger partial charge in [0, 0.05) is 62.8 Å². The summed E-state index contributed by atoms with van der Waals surface area (Å²) in [6.45, 7) is 3.09. The topological polar surface area (TPSA) is 271 Å². The number of imide groups is 2. The van der Waals surface area contributed by atoms with Crippen molar-refractivity contribution in [3.05, 3.63) is 136 Å². The van der Waals surface area contributed by atoms with Gasteiger partial charge in [-0.15, -0.1) is 0 Å². The van der Waals surface area contributed by atoms with E-state index in [0.717, 1.165) is 58.8 Å². The summed E-state index contributed by atoms with van der Waals surface area (Å²) in [5.74, 6) is -1.64. The molecule has 414 valence electrons. The summed E-state index contributed by atoms with van der Waals surface area (Å²) in [5.41, 5.74) is 3.93. The molecule has 5 aromatic rings. The van der Waals surface area contributed by atoms with Crippen molar-refractivity contribution in [3.63, 3.8) is 0 Å². The second-order valence-corrected chi connectivity index (χ2v) is 18.8. The molecule has 7 amide bonds. The number of urea groups is 1. The van der Waals surface area contributed by atoms with E-state index in [4.69, 9.17) is 33.7 Å². The smallest absolute Gasteiger partial charge is 0.322 e. The van der Waals surface area contributed by atoms with Crippen molar-refractivity contribution in [1.82, 2.24) is 30.4 Å². The van der Waals surface area contributed by atoms with Crippen LogP contribution in [-0.2, 0) is 46.9 Å². The van der Waals surface area contributed by atoms with E-state index in [1.165, 1.54) is 18.2 Å². The summed E-state index contributed by atoms with van der Waals surface area (Å²) < 4.78 is 35.3. The maximum atomic E-state index is 14.1. The number of anilines is 2. The van der Waals surface area contributed by atoms with Crippen molar-refractivity contribution >= 4 is 47.1 Å². The molecule has 3 aromatic carbocycles. The van der Waals surface area contributed by atoms with Crippen LogP contribution in [0.25, 0.3) is 11.1 Å². The maximum absolute atomic E-state index is 14.1. The van der Waals surface area contributed by atoms with Gasteiger partial charge in [-0.1, -0.05) is 30.3 Å². The van der Waals surface area contributed by atoms with Crippen LogP contribution in [0, 0.1) is 11.3 Å². The van der Waals surface area contributed by atoms with Crippen molar-refractivity contribution in [2.24, 2.45) is 7.05 Å². The minimum atomic E-state index is -1.11. The van der Waals surface area contributed by atoms with Crippen molar-refractivity contribution in [1.29, 1.82) is 5.26 Å². The number of nitriles is 1. The third-order valence-corrected chi connectivity index (χ3v) is 13.4. The maximum Gasteiger partial charge on any atom is 0.322 e. The van der Waals surface area contributed by atoms with E-state index in [-0.39, 0.29) is 66.5 Å². The van der Waals surface area contributed by atoms with Crippen LogP contribution in [0.2, 0.25) is 0 Å². The number of pyridine rings is 2. The molecule has 2 aliphatic heterocycles. The van der Waals surface area contributed by atoms with Crippen molar-refractivity contribution in [3.8, 4) is 28.7 Å². The average Bonchev–Trinajstić information content (AvgIpc) is 4.00. The molecule has 0 spiro atoms. The number of ether oxygens (including phenoxy) is 6. The normalized spacial score (nSPS) is 16.9. The van der Waals surface area contributed by atoms with E-state index >= 15 is 0 Å². The summed E-state index contributed by atoms with van der Waals surface area (Å²) in [5, 5.41) is 20.6. The van der Waals surface area contributed by atoms with E-state index < -0.39 is 42.2 Å². The highest BCUT2D eigenvalue weighted by Gasteiger charge is 2.46. The molecule has 79 heavy (non-hydrogen) atoms. The number of carbonyl (C=O) groups excluding carboxylic acids is 6. The monoisotopic (exact) mass is 1080 g/mol. The minimum Gasteiger partial charge on any atom is -0.491 e. The lowest BCUT2D eigenvalue weighted by Gasteiger charge is -2.37. The lowest BCUT2D eigenvalue weighted by atomic mass is 9.89. The van der Waals surface area contributed by atoms with Gasteiger partial charge in [0.1, 0.15) is 36.0 Å². The first-order chi connectivity index (χ1) is 38.4. The number of nitrogens with one attached hydrogen (secondary N) is 4. The number of aryl methyl sites for hydroxylation is 1. The van der Waals surface area contributed by atoms with E-state index in [0.29, 0.717) is 70.7 Å². The van der Waals surface area contributed by atoms with Crippen LogP contribution in [-0.4, -0.2) is 141 Å². The quantitative estimate of drug-likeness (QED) is 0.0416. The van der Waals surface area contributed by atoms with Crippen LogP contribution >= 0.6 is 0 Å². The molecule has 22 heteroatoms. The molecule has 3 aliphatic rings. The Hall–Kier alpha value is -8.49. The molecule has 22 nitrogen and oxygen atoms in total. The number of amides is 7. The molecule has 1 aliphatic carbocycles. The number of piperidine rings is 1. The van der Waals surface area contributed by atoms with Crippen molar-refractivity contribution in [2.45, 2.75) is 63.2 Å². The van der Waals surface area contributed by atoms with E-state index in [1.807, 2.05) is 59.5 Å². The Morgan fingerprint density at radius 2 is 1.42 bits per heavy atom. The zero-order chi connectivity index (χ0) is 55.5. The molecule has 1 unspecified atom stereocenters. The first-order valence-electron chi connectivity index (χ1n) is 26.2. The van der Waals surface area contributed by atoms with Crippen LogP contribution < -0.4 is 41.2 Å². The number of hydrogen-bond donors (Lipinski definition) is 4. The van der Waals surface area contributed by atoms with Gasteiger partial charge < -0.3 is 48.9 Å². The molecule has 1 saturated carbocycles. The standard InChI is InChI=1S/C57H63N9O13/c1-64-36-41(10-22-52(64)69)40-8-13-43(14-9-40)65(44-15-11-42(12-16-44)62-49-20-7-39(33-58)35-60-49)57(73)61-34-38-5-17-45(18-6-38)78-32-31-77-30-29-76-28-27-75-26-25-74-24-23-59-51(68)37-79-48-4-2-3-46-53(48)56(72)66(55(46)71)47-19-21-50(67)63-54(47)70/h2-10,13-14,17-18,20,22,35-36,42,44,47H,11-12,15-16,19,21,23-32,34,37H2,1H3,(H,59,68)(H,60,62)(H,61,73)(H,63,67,70)/t42-,44-,47?. The number of aromatic nitrogens is 2. The number of fused-ring (bicyclic) bond motifs is 1. The molecular formula is C57H63N9O13. The largest absolute Gasteiger partial charge is 0.491 e. The summed E-state index contributed by atoms with van der Waals surface area (Å²) in [6.07, 6.45) is 6.57. The minimum absolute atomic E-state index is 0.000645. The highest BCUT2D eigenvalue weighted by atomic mass is 16.6. The fourth-order valence-corrected chi connectivity index (χ4v) is 9.31. The van der Waals surface area contributed by atoms with Crippen LogP contribution in [0.3, 0.4) is 0 Å². The number of rotatable bonds is 27. The second-order valence-electron chi connectivity index (χ2n) is 18.8. The van der Waals surface area contributed by atoms with Gasteiger partial charge in [0.25, 0.3) is 17.7 Å². The number of carbonyl (C=O) groups is 6. The van der Waals surface area contributed by atoms with Gasteiger partial charge in [-0.2, -0.15) is 5.26 Å². The van der Waals surface area contributed by atoms with E-state index in [2.05, 4.69) is 32.3 Å². The predicted octanol–water partition coefficient (Wildman–Crippen LogP) is 4.50. The predicted molar refractivity (Wildman–Crippen MR) is 287 cm³/mol. The third-order valence-electron chi connectivity index (χ3n) is 13.4. The molecule has 2 fully saturated rings. The van der Waals surface area contributed by atoms with Crippen LogP contribution in [0.15, 0.2) is 108 Å². The van der Waals surface area contributed by atoms with Crippen LogP contribution in [0.4, 0.5) is 16.3 Å². The average molecular weight is 1080 g/mol. The van der Waals surface area contributed by atoms with E-state index in [1.54, 1.807) is 42.2 Å². The summed E-state index contributed by atoms with van der Waals surface area (Å²) >= 11 is 0. The SMILES string of the molecule is Cn1cc(-c2ccc(N(C(=O)NCc3ccc(OCCOCCOCCOCCOCCNC(=O)COc4cccc5c4C(=O)N(C4CCC(=O)NC4=O)C5=O)cc3)[C@H]3CC[C@H](Nc4ccc(C#N)cn4)CC3)cc2)ccc1=O. The van der Waals surface area contributed by atoms with Crippen LogP contribution in [0.1, 0.15) is 70.4 Å². The zero-order valence-electron chi connectivity index (χ0n) is 43.8. The lowest BCUT2D eigenvalue weighted by molar-refractivity contribution is -0.136. The molecule has 0 radical (unpaired) electrons. The number of hydrogen-bond acceptors (Lipinski definition) is 16. The van der Waals surface area contributed by atoms with Gasteiger partial charge in [0.05, 0.1) is 69.5 Å². The van der Waals surface area contributed by atoms with Crippen molar-refractivity contribution < 1.29 is 57.2 Å². The van der Waals surface area contributed by atoms with E-state index in [9.17, 15) is 33.6 Å². The van der Waals surface area contributed by atoms with Gasteiger partial charge in [0.15, 0.2) is 6.61 Å². The first-order valence-corrected chi connectivity index (χ1v) is 26.2. The molecule has 2 aromatic heterocycles. The number of nitrogens with zero attached hydrogens (tertiary/aromatic N) is 5. The molecule has 4 heterocycles. The fourth-order valence-electron chi connectivity index (χ4n) is 9.31. The summed E-state index contributed by atoms with van der Waals surface area (Å²) in [4.78, 5) is 95.7. The van der Waals surface area contributed by atoms with Gasteiger partial charge in [-0.05, 0) is 103 Å². The number of benzene rings is 3. The second kappa shape index (κ2) is 28.2. The molecule has 0 bridgehead atoms. The van der Waals surface area contributed by atoms with Gasteiger partial charge in [-0.25, -0.2) is 9.78 Å². The molecule has 1 atom stereocenters. The Bertz CT molecular complexity index is 3030. The molecule has 1 saturated heterocycles. The Labute approximate surface area is 456 Å². The highest BCUT2D eigenvalue weighted by molar-refractivity contribution is 6.24. The van der Waals surface area contributed by atoms with Gasteiger partial charge >= 0.3 is 6.03 Å². The fraction of sp³-hybridized carbons (Fsp3) is 0.386. The first kappa shape index (κ1) is 56.7. The van der Waals surface area contributed by atoms with Gasteiger partial charge in [0.2, 0.25) is 17.4 Å².